The van der Waals surface area contributed by atoms with Gasteiger partial charge in [-0.15, -0.1) is 0 Å². The molecular weight excluding hydrogens is 488 g/mol. The van der Waals surface area contributed by atoms with E-state index < -0.39 is 29.6 Å². The summed E-state index contributed by atoms with van der Waals surface area (Å²) in [5.41, 5.74) is 1.98. The van der Waals surface area contributed by atoms with Crippen molar-refractivity contribution < 1.29 is 38.2 Å². The number of anilines is 1. The molecule has 182 valence electrons. The Balaban J connectivity index is 1.28. The lowest BCUT2D eigenvalue weighted by atomic mass is 10.0. The van der Waals surface area contributed by atoms with E-state index in [0.717, 1.165) is 10.5 Å². The number of fused-ring (bicyclic) bond motifs is 1. The second-order valence-electron chi connectivity index (χ2n) is 7.92. The number of nitrogens with one attached hydrogen (secondary N) is 1. The van der Waals surface area contributed by atoms with E-state index in [2.05, 4.69) is 5.32 Å². The van der Waals surface area contributed by atoms with Crippen molar-refractivity contribution in [3.8, 4) is 22.8 Å². The first-order valence-electron chi connectivity index (χ1n) is 10.7. The number of furan rings is 1. The molecule has 10 nitrogen and oxygen atoms in total. The third-order valence-electron chi connectivity index (χ3n) is 5.48. The summed E-state index contributed by atoms with van der Waals surface area (Å²) in [6.45, 7) is 1.46. The molecule has 36 heavy (non-hydrogen) atoms. The minimum atomic E-state index is -1.06. The van der Waals surface area contributed by atoms with Gasteiger partial charge in [-0.1, -0.05) is 6.07 Å². The van der Waals surface area contributed by atoms with E-state index in [4.69, 9.17) is 13.9 Å². The molecular formula is C25H18N2O8S. The molecule has 0 radical (unpaired) electrons. The number of carbonyl (C=O) groups is 4. The largest absolute Gasteiger partial charge is 0.478 e. The Morgan fingerprint density at radius 3 is 2.69 bits per heavy atom. The topological polar surface area (TPSA) is 135 Å². The first-order valence-corrected chi connectivity index (χ1v) is 11.5. The molecule has 0 unspecified atom stereocenters. The van der Waals surface area contributed by atoms with Gasteiger partial charge >= 0.3 is 5.97 Å². The number of carboxylic acids is 1. The normalized spacial score (nSPS) is 15.6. The van der Waals surface area contributed by atoms with Crippen molar-refractivity contribution in [2.75, 3.05) is 18.7 Å². The van der Waals surface area contributed by atoms with Gasteiger partial charge in [-0.25, -0.2) is 4.79 Å². The van der Waals surface area contributed by atoms with Gasteiger partial charge in [0.2, 0.25) is 12.7 Å². The van der Waals surface area contributed by atoms with Crippen LogP contribution < -0.4 is 14.8 Å². The van der Waals surface area contributed by atoms with E-state index in [0.29, 0.717) is 46.0 Å². The van der Waals surface area contributed by atoms with Crippen LogP contribution in [0.5, 0.6) is 11.5 Å². The van der Waals surface area contributed by atoms with Crippen LogP contribution in [0.1, 0.15) is 21.7 Å². The monoisotopic (exact) mass is 506 g/mol. The number of benzene rings is 2. The van der Waals surface area contributed by atoms with E-state index in [1.54, 1.807) is 36.4 Å². The number of carbonyl (C=O) groups excluding carboxylic acids is 3. The lowest BCUT2D eigenvalue weighted by molar-refractivity contribution is -0.127. The molecule has 0 saturated carbocycles. The minimum Gasteiger partial charge on any atom is -0.478 e. The Labute approximate surface area is 208 Å². The number of thioether (sulfide) groups is 1. The molecule has 1 saturated heterocycles. The molecule has 1 aromatic heterocycles. The van der Waals surface area contributed by atoms with E-state index in [-0.39, 0.29) is 17.3 Å². The Bertz CT molecular complexity index is 1460. The summed E-state index contributed by atoms with van der Waals surface area (Å²) in [6.07, 6.45) is 1.42. The molecule has 0 aliphatic carbocycles. The molecule has 1 fully saturated rings. The maximum Gasteiger partial charge on any atom is 0.335 e. The average Bonchev–Trinajstić information content (AvgIpc) is 3.56. The Hall–Kier alpha value is -4.51. The molecule has 2 N–H and O–H groups in total. The molecule has 2 aromatic carbocycles. The van der Waals surface area contributed by atoms with E-state index >= 15 is 0 Å². The zero-order valence-electron chi connectivity index (χ0n) is 18.8. The van der Waals surface area contributed by atoms with Crippen LogP contribution >= 0.6 is 11.8 Å². The summed E-state index contributed by atoms with van der Waals surface area (Å²) in [7, 11) is 0. The van der Waals surface area contributed by atoms with Crippen LogP contribution in [0.2, 0.25) is 0 Å². The highest BCUT2D eigenvalue weighted by molar-refractivity contribution is 8.18. The van der Waals surface area contributed by atoms with Crippen molar-refractivity contribution in [1.29, 1.82) is 0 Å². The van der Waals surface area contributed by atoms with Crippen molar-refractivity contribution in [2.45, 2.75) is 6.92 Å². The fourth-order valence-corrected chi connectivity index (χ4v) is 4.50. The fourth-order valence-electron chi connectivity index (χ4n) is 3.68. The third kappa shape index (κ3) is 4.56. The highest BCUT2D eigenvalue weighted by Crippen LogP contribution is 2.35. The number of amides is 3. The van der Waals surface area contributed by atoms with Crippen molar-refractivity contribution in [3.05, 3.63) is 70.3 Å². The minimum absolute atomic E-state index is 0.0986. The van der Waals surface area contributed by atoms with Gasteiger partial charge < -0.3 is 24.3 Å². The number of ether oxygens (including phenoxy) is 2. The van der Waals surface area contributed by atoms with Crippen LogP contribution in [-0.2, 0) is 9.59 Å². The van der Waals surface area contributed by atoms with Crippen LogP contribution in [0.3, 0.4) is 0 Å². The number of rotatable bonds is 6. The second kappa shape index (κ2) is 9.27. The molecule has 2 aliphatic rings. The lowest BCUT2D eigenvalue weighted by Gasteiger charge is -2.12. The summed E-state index contributed by atoms with van der Waals surface area (Å²) < 4.78 is 16.3. The van der Waals surface area contributed by atoms with Gasteiger partial charge in [0.05, 0.1) is 10.5 Å². The van der Waals surface area contributed by atoms with Gasteiger partial charge in [0.15, 0.2) is 11.5 Å². The van der Waals surface area contributed by atoms with Crippen molar-refractivity contribution in [3.63, 3.8) is 0 Å². The maximum absolute atomic E-state index is 12.8. The summed E-state index contributed by atoms with van der Waals surface area (Å²) in [5, 5.41) is 11.3. The Morgan fingerprint density at radius 2 is 1.89 bits per heavy atom. The van der Waals surface area contributed by atoms with Gasteiger partial charge in [-0.05, 0) is 60.6 Å². The number of hydrogen-bond donors (Lipinski definition) is 2. The van der Waals surface area contributed by atoms with Gasteiger partial charge in [-0.3, -0.25) is 19.3 Å². The SMILES string of the molecule is Cc1ccc(C(=O)O)cc1-c1ccc(/C=C2/SC(=O)N(CC(=O)Nc3ccc4c(c3)OCO4)C2=O)o1. The number of aromatic carboxylic acids is 1. The van der Waals surface area contributed by atoms with Crippen molar-refractivity contribution in [2.24, 2.45) is 0 Å². The first-order chi connectivity index (χ1) is 17.3. The van der Waals surface area contributed by atoms with Crippen LogP contribution in [0, 0.1) is 6.92 Å². The molecule has 5 rings (SSSR count). The predicted octanol–water partition coefficient (Wildman–Crippen LogP) is 4.36. The molecule has 0 bridgehead atoms. The summed E-state index contributed by atoms with van der Waals surface area (Å²) in [4.78, 5) is 50.0. The van der Waals surface area contributed by atoms with Gasteiger partial charge in [0, 0.05) is 23.4 Å². The second-order valence-corrected chi connectivity index (χ2v) is 8.91. The van der Waals surface area contributed by atoms with Gasteiger partial charge in [0.25, 0.3) is 11.1 Å². The molecule has 2 aliphatic heterocycles. The molecule has 0 spiro atoms. The molecule has 0 atom stereocenters. The quantitative estimate of drug-likeness (QED) is 0.468. The van der Waals surface area contributed by atoms with Crippen LogP contribution in [0.15, 0.2) is 57.9 Å². The van der Waals surface area contributed by atoms with E-state index in [9.17, 15) is 24.3 Å². The van der Waals surface area contributed by atoms with Crippen molar-refractivity contribution in [1.82, 2.24) is 4.90 Å². The number of hydrogen-bond acceptors (Lipinski definition) is 8. The molecule has 3 heterocycles. The smallest absolute Gasteiger partial charge is 0.335 e. The van der Waals surface area contributed by atoms with Crippen LogP contribution in [0.4, 0.5) is 10.5 Å². The molecule has 3 amide bonds. The maximum atomic E-state index is 12.8. The predicted molar refractivity (Wildman–Crippen MR) is 130 cm³/mol. The average molecular weight is 506 g/mol. The third-order valence-corrected chi connectivity index (χ3v) is 6.39. The standard InChI is InChI=1S/C25H18N2O8S/c1-13-2-3-14(24(30)31)8-17(13)18-7-5-16(35-18)10-21-23(29)27(25(32)36-21)11-22(28)26-15-4-6-19-20(9-15)34-12-33-19/h2-10H,11-12H2,1H3,(H,26,28)(H,30,31)/b21-10+. The number of imide groups is 1. The highest BCUT2D eigenvalue weighted by atomic mass is 32.2. The summed E-state index contributed by atoms with van der Waals surface area (Å²) >= 11 is 0.700. The first kappa shape index (κ1) is 23.2. The Kier molecular flexibility index (Phi) is 5.98. The number of nitrogens with zero attached hydrogens (tertiary/aromatic N) is 1. The molecule has 11 heteroatoms. The Morgan fingerprint density at radius 1 is 1.08 bits per heavy atom. The lowest BCUT2D eigenvalue weighted by Crippen LogP contribution is -2.36. The number of aryl methyl sites for hydroxylation is 1. The van der Waals surface area contributed by atoms with Gasteiger partial charge in [-0.2, -0.15) is 0 Å². The van der Waals surface area contributed by atoms with Crippen LogP contribution in [0.25, 0.3) is 17.4 Å². The summed E-state index contributed by atoms with van der Waals surface area (Å²) in [5.74, 6) is -0.442. The molecule has 3 aromatic rings. The van der Waals surface area contributed by atoms with Crippen molar-refractivity contribution >= 4 is 46.5 Å². The summed E-state index contributed by atoms with van der Waals surface area (Å²) in [6, 6.07) is 12.8. The zero-order valence-corrected chi connectivity index (χ0v) is 19.6. The zero-order chi connectivity index (χ0) is 25.4. The van der Waals surface area contributed by atoms with Crippen LogP contribution in [-0.4, -0.2) is 46.4 Å². The fraction of sp³-hybridized carbons (Fsp3) is 0.120. The van der Waals surface area contributed by atoms with E-state index in [1.165, 1.54) is 18.2 Å². The number of carboxylic acid groups (broad SMARTS) is 1. The highest BCUT2D eigenvalue weighted by Gasteiger charge is 2.36. The van der Waals surface area contributed by atoms with E-state index in [1.807, 2.05) is 6.92 Å². The van der Waals surface area contributed by atoms with Gasteiger partial charge in [0.1, 0.15) is 18.1 Å².